The molecule has 0 radical (unpaired) electrons. The zero-order valence-corrected chi connectivity index (χ0v) is 14.0. The lowest BCUT2D eigenvalue weighted by Crippen LogP contribution is -2.40. The van der Waals surface area contributed by atoms with Crippen LogP contribution in [0.4, 0.5) is 0 Å². The molecule has 0 spiro atoms. The third kappa shape index (κ3) is 2.78. The predicted molar refractivity (Wildman–Crippen MR) is 87.7 cm³/mol. The van der Waals surface area contributed by atoms with Gasteiger partial charge in [-0.25, -0.2) is 0 Å². The van der Waals surface area contributed by atoms with Gasteiger partial charge in [-0.3, -0.25) is 9.69 Å². The summed E-state index contributed by atoms with van der Waals surface area (Å²) in [5.41, 5.74) is 2.10. The van der Waals surface area contributed by atoms with Gasteiger partial charge in [-0.05, 0) is 48.1 Å². The predicted octanol–water partition coefficient (Wildman–Crippen LogP) is 4.26. The molecule has 3 nitrogen and oxygen atoms in total. The Morgan fingerprint density at radius 3 is 2.76 bits per heavy atom. The average Bonchev–Trinajstić information content (AvgIpc) is 2.94. The van der Waals surface area contributed by atoms with E-state index in [9.17, 15) is 9.90 Å². The number of hydrogen-bond acceptors (Lipinski definition) is 3. The molecule has 1 N–H and O–H groups in total. The molecule has 1 aromatic heterocycles. The van der Waals surface area contributed by atoms with Gasteiger partial charge in [0.1, 0.15) is 6.04 Å². The van der Waals surface area contributed by atoms with Crippen LogP contribution < -0.4 is 0 Å². The maximum atomic E-state index is 11.8. The molecule has 0 bridgehead atoms. The first-order valence-electron chi connectivity index (χ1n) is 6.88. The Hall–Kier alpha value is -1.17. The number of fused-ring (bicyclic) bond motifs is 1. The molecule has 2 atom stereocenters. The third-order valence-electron chi connectivity index (χ3n) is 4.09. The van der Waals surface area contributed by atoms with Crippen molar-refractivity contribution in [2.24, 2.45) is 0 Å². The first kappa shape index (κ1) is 14.8. The SMILES string of the molecule is CC(c1ccc(Br)cc1)N1CCc2sccc2C1C(=O)O. The first-order chi connectivity index (χ1) is 10.1. The van der Waals surface area contributed by atoms with E-state index in [-0.39, 0.29) is 6.04 Å². The Bertz CT molecular complexity index is 653. The summed E-state index contributed by atoms with van der Waals surface area (Å²) >= 11 is 5.10. The minimum Gasteiger partial charge on any atom is -0.480 e. The minimum atomic E-state index is -0.765. The van der Waals surface area contributed by atoms with E-state index in [0.29, 0.717) is 0 Å². The second-order valence-corrected chi connectivity index (χ2v) is 7.17. The summed E-state index contributed by atoms with van der Waals surface area (Å²) in [6, 6.07) is 9.60. The number of nitrogens with zero attached hydrogens (tertiary/aromatic N) is 1. The van der Waals surface area contributed by atoms with Gasteiger partial charge in [-0.15, -0.1) is 11.3 Å². The van der Waals surface area contributed by atoms with Crippen LogP contribution in [0, 0.1) is 0 Å². The Balaban J connectivity index is 1.94. The van der Waals surface area contributed by atoms with Crippen molar-refractivity contribution in [3.63, 3.8) is 0 Å². The lowest BCUT2D eigenvalue weighted by molar-refractivity contribution is -0.145. The molecule has 0 amide bonds. The molecule has 0 aliphatic carbocycles. The number of carboxylic acid groups (broad SMARTS) is 1. The number of thiophene rings is 1. The molecule has 0 fully saturated rings. The fourth-order valence-electron chi connectivity index (χ4n) is 2.96. The quantitative estimate of drug-likeness (QED) is 0.883. The first-order valence-corrected chi connectivity index (χ1v) is 8.55. The molecule has 2 aromatic rings. The number of hydrogen-bond donors (Lipinski definition) is 1. The smallest absolute Gasteiger partial charge is 0.325 e. The highest BCUT2D eigenvalue weighted by molar-refractivity contribution is 9.10. The highest BCUT2D eigenvalue weighted by atomic mass is 79.9. The maximum Gasteiger partial charge on any atom is 0.325 e. The fourth-order valence-corrected chi connectivity index (χ4v) is 4.13. The van der Waals surface area contributed by atoms with E-state index >= 15 is 0 Å². The molecule has 1 aliphatic rings. The lowest BCUT2D eigenvalue weighted by atomic mass is 9.96. The monoisotopic (exact) mass is 365 g/mol. The zero-order chi connectivity index (χ0) is 15.0. The number of aliphatic carboxylic acids is 1. The second kappa shape index (κ2) is 5.91. The van der Waals surface area contributed by atoms with Crippen molar-refractivity contribution >= 4 is 33.2 Å². The number of halogens is 1. The van der Waals surface area contributed by atoms with E-state index < -0.39 is 12.0 Å². The fraction of sp³-hybridized carbons (Fsp3) is 0.312. The van der Waals surface area contributed by atoms with Crippen LogP contribution in [0.2, 0.25) is 0 Å². The van der Waals surface area contributed by atoms with Gasteiger partial charge >= 0.3 is 5.97 Å². The van der Waals surface area contributed by atoms with Crippen molar-refractivity contribution in [3.8, 4) is 0 Å². The molecule has 1 aromatic carbocycles. The minimum absolute atomic E-state index is 0.0762. The summed E-state index contributed by atoms with van der Waals surface area (Å²) in [6.45, 7) is 2.86. The van der Waals surface area contributed by atoms with Crippen molar-refractivity contribution in [1.29, 1.82) is 0 Å². The summed E-state index contributed by atoms with van der Waals surface area (Å²) in [6.07, 6.45) is 0.928. The topological polar surface area (TPSA) is 40.5 Å². The van der Waals surface area contributed by atoms with Crippen molar-refractivity contribution in [2.75, 3.05) is 6.54 Å². The Morgan fingerprint density at radius 2 is 2.10 bits per heavy atom. The van der Waals surface area contributed by atoms with Crippen LogP contribution in [0.5, 0.6) is 0 Å². The van der Waals surface area contributed by atoms with Crippen LogP contribution in [0.3, 0.4) is 0 Å². The van der Waals surface area contributed by atoms with Crippen LogP contribution in [-0.2, 0) is 11.2 Å². The molecule has 0 saturated heterocycles. The zero-order valence-electron chi connectivity index (χ0n) is 11.6. The van der Waals surface area contributed by atoms with E-state index in [4.69, 9.17) is 0 Å². The Morgan fingerprint density at radius 1 is 1.38 bits per heavy atom. The molecule has 5 heteroatoms. The molecule has 0 saturated carbocycles. The van der Waals surface area contributed by atoms with Crippen LogP contribution in [0.1, 0.15) is 35.0 Å². The normalized spacial score (nSPS) is 20.0. The number of carbonyl (C=O) groups is 1. The number of carboxylic acids is 1. The van der Waals surface area contributed by atoms with E-state index in [1.807, 2.05) is 23.6 Å². The molecule has 1 aliphatic heterocycles. The van der Waals surface area contributed by atoms with Crippen LogP contribution in [0.25, 0.3) is 0 Å². The summed E-state index contributed by atoms with van der Waals surface area (Å²) in [4.78, 5) is 15.1. The van der Waals surface area contributed by atoms with Crippen LogP contribution in [0.15, 0.2) is 40.2 Å². The average molecular weight is 366 g/mol. The van der Waals surface area contributed by atoms with Crippen LogP contribution >= 0.6 is 27.3 Å². The largest absolute Gasteiger partial charge is 0.480 e. The van der Waals surface area contributed by atoms with Gasteiger partial charge < -0.3 is 5.11 Å². The van der Waals surface area contributed by atoms with Gasteiger partial charge in [0.2, 0.25) is 0 Å². The highest BCUT2D eigenvalue weighted by Crippen LogP contribution is 2.38. The van der Waals surface area contributed by atoms with E-state index in [0.717, 1.165) is 28.6 Å². The van der Waals surface area contributed by atoms with Gasteiger partial charge in [0.05, 0.1) is 0 Å². The van der Waals surface area contributed by atoms with E-state index in [2.05, 4.69) is 39.9 Å². The van der Waals surface area contributed by atoms with Crippen molar-refractivity contribution < 1.29 is 9.90 Å². The van der Waals surface area contributed by atoms with E-state index in [1.54, 1.807) is 11.3 Å². The Kier molecular flexibility index (Phi) is 4.15. The molecule has 21 heavy (non-hydrogen) atoms. The molecule has 3 rings (SSSR count). The summed E-state index contributed by atoms with van der Waals surface area (Å²) < 4.78 is 1.03. The van der Waals surface area contributed by atoms with Crippen molar-refractivity contribution in [1.82, 2.24) is 4.90 Å². The molecular formula is C16H16BrNO2S. The standard InChI is InChI=1S/C16H16BrNO2S/c1-10(11-2-4-12(17)5-3-11)18-8-6-14-13(7-9-21-14)15(18)16(19)20/h2-5,7,9-10,15H,6,8H2,1H3,(H,19,20). The van der Waals surface area contributed by atoms with Gasteiger partial charge in [0.15, 0.2) is 0 Å². The van der Waals surface area contributed by atoms with Crippen LogP contribution in [-0.4, -0.2) is 22.5 Å². The summed E-state index contributed by atoms with van der Waals surface area (Å²) in [7, 11) is 0. The number of rotatable bonds is 3. The maximum absolute atomic E-state index is 11.8. The molecule has 2 heterocycles. The molecular weight excluding hydrogens is 350 g/mol. The van der Waals surface area contributed by atoms with Gasteiger partial charge in [-0.1, -0.05) is 28.1 Å². The molecule has 2 unspecified atom stereocenters. The van der Waals surface area contributed by atoms with Gasteiger partial charge in [0.25, 0.3) is 0 Å². The summed E-state index contributed by atoms with van der Waals surface area (Å²) in [5, 5.41) is 11.7. The lowest BCUT2D eigenvalue weighted by Gasteiger charge is -2.37. The van der Waals surface area contributed by atoms with Gasteiger partial charge in [-0.2, -0.15) is 0 Å². The Labute approximate surface area is 136 Å². The van der Waals surface area contributed by atoms with Crippen molar-refractivity contribution in [3.05, 3.63) is 56.2 Å². The number of benzene rings is 1. The highest BCUT2D eigenvalue weighted by Gasteiger charge is 2.36. The summed E-state index contributed by atoms with van der Waals surface area (Å²) in [5.74, 6) is -0.765. The van der Waals surface area contributed by atoms with Gasteiger partial charge in [0, 0.05) is 21.9 Å². The van der Waals surface area contributed by atoms with Crippen molar-refractivity contribution in [2.45, 2.75) is 25.4 Å². The molecule has 110 valence electrons. The third-order valence-corrected chi connectivity index (χ3v) is 5.61. The van der Waals surface area contributed by atoms with E-state index in [1.165, 1.54) is 4.88 Å². The second-order valence-electron chi connectivity index (χ2n) is 5.26.